The number of hydrogen-bond donors (Lipinski definition) is 2. The molecule has 0 amide bonds. The lowest BCUT2D eigenvalue weighted by Gasteiger charge is -2.29. The molecule has 2 N–H and O–H groups in total. The van der Waals surface area contributed by atoms with Crippen LogP contribution in [0, 0.1) is 5.92 Å². The van der Waals surface area contributed by atoms with Gasteiger partial charge in [0, 0.05) is 11.7 Å². The molecule has 4 heteroatoms. The summed E-state index contributed by atoms with van der Waals surface area (Å²) in [7, 11) is 0. The minimum absolute atomic E-state index is 0.332. The van der Waals surface area contributed by atoms with Crippen molar-refractivity contribution in [2.45, 2.75) is 64.8 Å². The maximum Gasteiger partial charge on any atom is 0.335 e. The Bertz CT molecular complexity index is 480. The van der Waals surface area contributed by atoms with Crippen LogP contribution in [-0.2, 0) is 6.42 Å². The van der Waals surface area contributed by atoms with Gasteiger partial charge in [-0.15, -0.1) is 0 Å². The Morgan fingerprint density at radius 1 is 1.29 bits per heavy atom. The fraction of sp³-hybridized carbons (Fsp3) is 0.647. The summed E-state index contributed by atoms with van der Waals surface area (Å²) in [6.07, 6.45) is 7.88. The minimum atomic E-state index is -0.882. The van der Waals surface area contributed by atoms with E-state index in [0.717, 1.165) is 43.1 Å². The van der Waals surface area contributed by atoms with Crippen molar-refractivity contribution in [1.29, 1.82) is 0 Å². The van der Waals surface area contributed by atoms with Crippen LogP contribution in [0.15, 0.2) is 12.1 Å². The molecule has 1 fully saturated rings. The summed E-state index contributed by atoms with van der Waals surface area (Å²) < 4.78 is 0. The molecule has 116 valence electrons. The van der Waals surface area contributed by atoms with E-state index < -0.39 is 5.97 Å². The average molecular weight is 290 g/mol. The molecule has 0 spiro atoms. The SMILES string of the molecule is CCCc1cc(C(=O)O)cc(NC2CCC(CC)CC2)n1. The van der Waals surface area contributed by atoms with Gasteiger partial charge in [-0.1, -0.05) is 26.7 Å². The van der Waals surface area contributed by atoms with Crippen LogP contribution >= 0.6 is 0 Å². The smallest absolute Gasteiger partial charge is 0.335 e. The van der Waals surface area contributed by atoms with Crippen molar-refractivity contribution >= 4 is 11.8 Å². The van der Waals surface area contributed by atoms with Gasteiger partial charge in [-0.2, -0.15) is 0 Å². The van der Waals surface area contributed by atoms with E-state index in [0.29, 0.717) is 11.6 Å². The van der Waals surface area contributed by atoms with E-state index >= 15 is 0 Å². The predicted molar refractivity (Wildman–Crippen MR) is 84.9 cm³/mol. The van der Waals surface area contributed by atoms with Gasteiger partial charge in [0.1, 0.15) is 5.82 Å². The Morgan fingerprint density at radius 2 is 2.00 bits per heavy atom. The standard InChI is InChI=1S/C17H26N2O2/c1-3-5-15-10-13(17(20)21)11-16(19-15)18-14-8-6-12(4-2)7-9-14/h10-12,14H,3-9H2,1-2H3,(H,18,19)(H,20,21). The number of nitrogens with zero attached hydrogens (tertiary/aromatic N) is 1. The lowest BCUT2D eigenvalue weighted by molar-refractivity contribution is 0.0696. The summed E-state index contributed by atoms with van der Waals surface area (Å²) in [6.45, 7) is 4.33. The number of carboxylic acid groups (broad SMARTS) is 1. The fourth-order valence-corrected chi connectivity index (χ4v) is 3.09. The highest BCUT2D eigenvalue weighted by Crippen LogP contribution is 2.28. The molecular weight excluding hydrogens is 264 g/mol. The summed E-state index contributed by atoms with van der Waals surface area (Å²) in [6, 6.07) is 3.78. The molecule has 1 aromatic rings. The van der Waals surface area contributed by atoms with Gasteiger partial charge in [-0.3, -0.25) is 0 Å². The highest BCUT2D eigenvalue weighted by atomic mass is 16.4. The van der Waals surface area contributed by atoms with Crippen molar-refractivity contribution in [3.8, 4) is 0 Å². The third-order valence-electron chi connectivity index (χ3n) is 4.41. The zero-order valence-electron chi connectivity index (χ0n) is 13.1. The van der Waals surface area contributed by atoms with Crippen LogP contribution < -0.4 is 5.32 Å². The molecule has 0 aliphatic heterocycles. The Balaban J connectivity index is 2.06. The van der Waals surface area contributed by atoms with Gasteiger partial charge in [0.25, 0.3) is 0 Å². The molecule has 0 radical (unpaired) electrons. The first-order chi connectivity index (χ1) is 10.1. The summed E-state index contributed by atoms with van der Waals surface area (Å²) >= 11 is 0. The fourth-order valence-electron chi connectivity index (χ4n) is 3.09. The van der Waals surface area contributed by atoms with Crippen LogP contribution in [-0.4, -0.2) is 22.1 Å². The summed E-state index contributed by atoms with van der Waals surface area (Å²) in [5, 5.41) is 12.7. The van der Waals surface area contributed by atoms with Crippen molar-refractivity contribution in [1.82, 2.24) is 4.98 Å². The van der Waals surface area contributed by atoms with E-state index in [-0.39, 0.29) is 0 Å². The number of aromatic carboxylic acids is 1. The lowest BCUT2D eigenvalue weighted by atomic mass is 9.84. The quantitative estimate of drug-likeness (QED) is 0.827. The molecule has 1 saturated carbocycles. The van der Waals surface area contributed by atoms with Gasteiger partial charge in [0.15, 0.2) is 0 Å². The average Bonchev–Trinajstić information content (AvgIpc) is 2.48. The largest absolute Gasteiger partial charge is 0.478 e. The van der Waals surface area contributed by atoms with Crippen molar-refractivity contribution in [2.24, 2.45) is 5.92 Å². The normalized spacial score (nSPS) is 22.0. The summed E-state index contributed by atoms with van der Waals surface area (Å²) in [5.41, 5.74) is 1.19. The molecule has 0 aromatic carbocycles. The van der Waals surface area contributed by atoms with Crippen LogP contribution in [0.25, 0.3) is 0 Å². The number of anilines is 1. The first-order valence-electron chi connectivity index (χ1n) is 8.13. The molecule has 1 aromatic heterocycles. The van der Waals surface area contributed by atoms with Gasteiger partial charge in [0.2, 0.25) is 0 Å². The van der Waals surface area contributed by atoms with Crippen molar-refractivity contribution in [3.63, 3.8) is 0 Å². The Labute approximate surface area is 127 Å². The second-order valence-corrected chi connectivity index (χ2v) is 6.06. The molecule has 21 heavy (non-hydrogen) atoms. The number of aryl methyl sites for hydroxylation is 1. The topological polar surface area (TPSA) is 62.2 Å². The molecule has 0 bridgehead atoms. The first-order valence-corrected chi connectivity index (χ1v) is 8.13. The van der Waals surface area contributed by atoms with Crippen LogP contribution in [0.4, 0.5) is 5.82 Å². The van der Waals surface area contributed by atoms with Crippen molar-refractivity contribution in [3.05, 3.63) is 23.4 Å². The molecular formula is C17H26N2O2. The number of nitrogens with one attached hydrogen (secondary N) is 1. The Hall–Kier alpha value is -1.58. The van der Waals surface area contributed by atoms with Crippen LogP contribution in [0.5, 0.6) is 0 Å². The minimum Gasteiger partial charge on any atom is -0.478 e. The molecule has 0 unspecified atom stereocenters. The highest BCUT2D eigenvalue weighted by molar-refractivity contribution is 5.88. The first kappa shape index (κ1) is 15.8. The van der Waals surface area contributed by atoms with Gasteiger partial charge in [0.05, 0.1) is 5.56 Å². The third-order valence-corrected chi connectivity index (χ3v) is 4.41. The van der Waals surface area contributed by atoms with E-state index in [1.807, 2.05) is 0 Å². The van der Waals surface area contributed by atoms with Gasteiger partial charge >= 0.3 is 5.97 Å². The van der Waals surface area contributed by atoms with Crippen molar-refractivity contribution < 1.29 is 9.90 Å². The Kier molecular flexibility index (Phi) is 5.59. The number of carboxylic acids is 1. The van der Waals surface area contributed by atoms with Crippen molar-refractivity contribution in [2.75, 3.05) is 5.32 Å². The van der Waals surface area contributed by atoms with Gasteiger partial charge < -0.3 is 10.4 Å². The number of hydrogen-bond acceptors (Lipinski definition) is 3. The van der Waals surface area contributed by atoms with E-state index in [1.165, 1.54) is 19.3 Å². The maximum absolute atomic E-state index is 11.2. The zero-order valence-corrected chi connectivity index (χ0v) is 13.1. The van der Waals surface area contributed by atoms with E-state index in [9.17, 15) is 9.90 Å². The monoisotopic (exact) mass is 290 g/mol. The molecule has 4 nitrogen and oxygen atoms in total. The number of carbonyl (C=O) groups is 1. The summed E-state index contributed by atoms with van der Waals surface area (Å²) in [5.74, 6) is 0.697. The van der Waals surface area contributed by atoms with Crippen LogP contribution in [0.3, 0.4) is 0 Å². The highest BCUT2D eigenvalue weighted by Gasteiger charge is 2.20. The third kappa shape index (κ3) is 4.45. The molecule has 0 atom stereocenters. The van der Waals surface area contributed by atoms with E-state index in [4.69, 9.17) is 0 Å². The number of pyridine rings is 1. The molecule has 0 saturated heterocycles. The second-order valence-electron chi connectivity index (χ2n) is 6.06. The van der Waals surface area contributed by atoms with Gasteiger partial charge in [-0.05, 0) is 50.2 Å². The summed E-state index contributed by atoms with van der Waals surface area (Å²) in [4.78, 5) is 15.8. The molecule has 2 rings (SSSR count). The number of aromatic nitrogens is 1. The molecule has 1 heterocycles. The molecule has 1 aliphatic carbocycles. The van der Waals surface area contributed by atoms with E-state index in [2.05, 4.69) is 24.1 Å². The van der Waals surface area contributed by atoms with Crippen LogP contribution in [0.1, 0.15) is 68.4 Å². The van der Waals surface area contributed by atoms with Gasteiger partial charge in [-0.25, -0.2) is 9.78 Å². The molecule has 1 aliphatic rings. The maximum atomic E-state index is 11.2. The van der Waals surface area contributed by atoms with E-state index in [1.54, 1.807) is 12.1 Å². The Morgan fingerprint density at radius 3 is 2.57 bits per heavy atom. The van der Waals surface area contributed by atoms with Crippen LogP contribution in [0.2, 0.25) is 0 Å². The number of rotatable bonds is 6. The zero-order chi connectivity index (χ0) is 15.2. The second kappa shape index (κ2) is 7.43. The lowest BCUT2D eigenvalue weighted by Crippen LogP contribution is -2.26. The predicted octanol–water partition coefficient (Wildman–Crippen LogP) is 4.11.